The lowest BCUT2D eigenvalue weighted by atomic mass is 10.2. The van der Waals surface area contributed by atoms with Gasteiger partial charge in [-0.05, 0) is 43.3 Å². The molecule has 3 aromatic rings. The van der Waals surface area contributed by atoms with Crippen LogP contribution in [0.25, 0.3) is 5.69 Å². The highest BCUT2D eigenvalue weighted by atomic mass is 31.2. The molecular formula is C21H22FN4O2P. The summed E-state index contributed by atoms with van der Waals surface area (Å²) in [5, 5.41) is 5.13. The highest BCUT2D eigenvalue weighted by Gasteiger charge is 2.44. The van der Waals surface area contributed by atoms with Crippen molar-refractivity contribution in [1.29, 1.82) is 0 Å². The Morgan fingerprint density at radius 1 is 1.07 bits per heavy atom. The average Bonchev–Trinajstić information content (AvgIpc) is 3.07. The van der Waals surface area contributed by atoms with E-state index >= 15 is 0 Å². The fourth-order valence-corrected chi connectivity index (χ4v) is 5.94. The number of aromatic nitrogens is 2. The molecule has 0 spiro atoms. The monoisotopic (exact) mass is 412 g/mol. The molecule has 1 aliphatic rings. The second kappa shape index (κ2) is 7.58. The number of rotatable bonds is 5. The Balaban J connectivity index is 1.97. The third-order valence-electron chi connectivity index (χ3n) is 4.90. The maximum absolute atomic E-state index is 14.2. The molecule has 29 heavy (non-hydrogen) atoms. The Bertz CT molecular complexity index is 1110. The number of aliphatic imine (C=N–C) groups is 1. The van der Waals surface area contributed by atoms with E-state index in [4.69, 9.17) is 4.52 Å². The number of fused-ring (bicyclic) bond motifs is 1. The van der Waals surface area contributed by atoms with Crippen LogP contribution in [0.15, 0.2) is 59.6 Å². The lowest BCUT2D eigenvalue weighted by Gasteiger charge is -2.32. The summed E-state index contributed by atoms with van der Waals surface area (Å²) in [6.07, 6.45) is 0. The highest BCUT2D eigenvalue weighted by molar-refractivity contribution is 7.65. The van der Waals surface area contributed by atoms with Crippen molar-refractivity contribution in [3.8, 4) is 5.69 Å². The number of aryl methyl sites for hydroxylation is 1. The van der Waals surface area contributed by atoms with Gasteiger partial charge in [-0.3, -0.25) is 4.57 Å². The van der Waals surface area contributed by atoms with Gasteiger partial charge in [0.15, 0.2) is 5.82 Å². The second-order valence-corrected chi connectivity index (χ2v) is 8.92. The fourth-order valence-electron chi connectivity index (χ4n) is 3.47. The molecule has 1 atom stereocenters. The molecule has 150 valence electrons. The van der Waals surface area contributed by atoms with E-state index in [1.165, 1.54) is 12.1 Å². The van der Waals surface area contributed by atoms with Crippen molar-refractivity contribution in [3.63, 3.8) is 0 Å². The Kier molecular flexibility index (Phi) is 5.11. The van der Waals surface area contributed by atoms with Gasteiger partial charge in [-0.25, -0.2) is 13.7 Å². The van der Waals surface area contributed by atoms with Crippen LogP contribution < -0.4 is 5.30 Å². The molecule has 0 bridgehead atoms. The standard InChI is InChI=1S/C21H22FN4O2P/c1-4-25(5-2)29(27)19-15(3)24-26(18-9-7-6-8-10-18)20(19)23-21(28-29)16-11-13-17(22)14-12-16/h6-14H,4-5H2,1-3H3/t29-/m1/s1. The molecule has 0 radical (unpaired) electrons. The van der Waals surface area contributed by atoms with Crippen LogP contribution in [0, 0.1) is 12.7 Å². The van der Waals surface area contributed by atoms with E-state index in [1.807, 2.05) is 51.1 Å². The Hall–Kier alpha value is -2.76. The fraction of sp³-hybridized carbons (Fsp3) is 0.238. The van der Waals surface area contributed by atoms with Gasteiger partial charge in [-0.1, -0.05) is 32.0 Å². The molecule has 1 aromatic heterocycles. The molecule has 0 saturated carbocycles. The number of hydrogen-bond donors (Lipinski definition) is 0. The van der Waals surface area contributed by atoms with Gasteiger partial charge in [0, 0.05) is 18.7 Å². The summed E-state index contributed by atoms with van der Waals surface area (Å²) < 4.78 is 37.2. The van der Waals surface area contributed by atoms with Crippen LogP contribution in [0.4, 0.5) is 10.2 Å². The Labute approximate surface area is 169 Å². The lowest BCUT2D eigenvalue weighted by molar-refractivity contribution is 0.376. The minimum absolute atomic E-state index is 0.199. The molecule has 2 aromatic carbocycles. The molecule has 0 N–H and O–H groups in total. The molecular weight excluding hydrogens is 390 g/mol. The molecule has 2 heterocycles. The van der Waals surface area contributed by atoms with Gasteiger partial charge in [0.25, 0.3) is 0 Å². The van der Waals surface area contributed by atoms with Crippen molar-refractivity contribution in [2.24, 2.45) is 4.99 Å². The Morgan fingerprint density at radius 2 is 1.72 bits per heavy atom. The summed E-state index contributed by atoms with van der Waals surface area (Å²) in [6, 6.07) is 15.4. The van der Waals surface area contributed by atoms with E-state index in [0.29, 0.717) is 35.5 Å². The van der Waals surface area contributed by atoms with Crippen molar-refractivity contribution in [1.82, 2.24) is 14.5 Å². The largest absolute Gasteiger partial charge is 0.410 e. The van der Waals surface area contributed by atoms with Gasteiger partial charge < -0.3 is 4.52 Å². The van der Waals surface area contributed by atoms with Crippen LogP contribution in [0.2, 0.25) is 0 Å². The van der Waals surface area contributed by atoms with Crippen LogP contribution in [0.1, 0.15) is 25.1 Å². The quantitative estimate of drug-likeness (QED) is 0.575. The summed E-state index contributed by atoms with van der Waals surface area (Å²) in [5.41, 5.74) is 1.98. The van der Waals surface area contributed by atoms with Gasteiger partial charge in [0.2, 0.25) is 5.90 Å². The van der Waals surface area contributed by atoms with Gasteiger partial charge >= 0.3 is 7.52 Å². The van der Waals surface area contributed by atoms with E-state index in [2.05, 4.69) is 10.1 Å². The average molecular weight is 412 g/mol. The molecule has 4 rings (SSSR count). The number of hydrogen-bond acceptors (Lipinski definition) is 4. The zero-order valence-electron chi connectivity index (χ0n) is 16.5. The lowest BCUT2D eigenvalue weighted by Crippen LogP contribution is -2.32. The van der Waals surface area contributed by atoms with E-state index in [1.54, 1.807) is 21.5 Å². The predicted molar refractivity (Wildman–Crippen MR) is 112 cm³/mol. The maximum atomic E-state index is 14.2. The molecule has 0 saturated heterocycles. The van der Waals surface area contributed by atoms with Crippen LogP contribution in [-0.4, -0.2) is 33.4 Å². The van der Waals surface area contributed by atoms with E-state index in [-0.39, 0.29) is 11.7 Å². The molecule has 0 aliphatic carbocycles. The molecule has 0 amide bonds. The smallest absolute Gasteiger partial charge is 0.356 e. The van der Waals surface area contributed by atoms with E-state index in [9.17, 15) is 8.96 Å². The van der Waals surface area contributed by atoms with Gasteiger partial charge in [-0.2, -0.15) is 10.1 Å². The molecule has 0 unspecified atom stereocenters. The first-order valence-electron chi connectivity index (χ1n) is 9.53. The zero-order chi connectivity index (χ0) is 20.6. The second-order valence-electron chi connectivity index (χ2n) is 6.68. The van der Waals surface area contributed by atoms with Crippen molar-refractivity contribution in [3.05, 3.63) is 71.7 Å². The van der Waals surface area contributed by atoms with Crippen molar-refractivity contribution in [2.75, 3.05) is 13.1 Å². The van der Waals surface area contributed by atoms with Crippen LogP contribution >= 0.6 is 7.52 Å². The topological polar surface area (TPSA) is 59.7 Å². The maximum Gasteiger partial charge on any atom is 0.356 e. The molecule has 8 heteroatoms. The minimum Gasteiger partial charge on any atom is -0.410 e. The first-order chi connectivity index (χ1) is 14.0. The molecule has 0 fully saturated rings. The van der Waals surface area contributed by atoms with Crippen molar-refractivity contribution in [2.45, 2.75) is 20.8 Å². The summed E-state index contributed by atoms with van der Waals surface area (Å²) in [7, 11) is -3.46. The summed E-state index contributed by atoms with van der Waals surface area (Å²) in [6.45, 7) is 6.77. The third-order valence-corrected chi connectivity index (χ3v) is 7.72. The van der Waals surface area contributed by atoms with Gasteiger partial charge in [-0.15, -0.1) is 0 Å². The van der Waals surface area contributed by atoms with Crippen LogP contribution in [0.3, 0.4) is 0 Å². The van der Waals surface area contributed by atoms with Gasteiger partial charge in [0.1, 0.15) is 11.1 Å². The Morgan fingerprint density at radius 3 is 2.34 bits per heavy atom. The number of nitrogens with zero attached hydrogens (tertiary/aromatic N) is 4. The predicted octanol–water partition coefficient (Wildman–Crippen LogP) is 4.59. The first kappa shape index (κ1) is 19.6. The molecule has 1 aliphatic heterocycles. The van der Waals surface area contributed by atoms with E-state index in [0.717, 1.165) is 5.69 Å². The first-order valence-corrected chi connectivity index (χ1v) is 11.1. The van der Waals surface area contributed by atoms with Crippen molar-refractivity contribution < 1.29 is 13.5 Å². The summed E-state index contributed by atoms with van der Waals surface area (Å²) in [5.74, 6) is 0.322. The summed E-state index contributed by atoms with van der Waals surface area (Å²) >= 11 is 0. The molecule has 6 nitrogen and oxygen atoms in total. The van der Waals surface area contributed by atoms with Crippen molar-refractivity contribution >= 4 is 24.5 Å². The zero-order valence-corrected chi connectivity index (χ0v) is 17.4. The van der Waals surface area contributed by atoms with E-state index < -0.39 is 7.52 Å². The summed E-state index contributed by atoms with van der Waals surface area (Å²) in [4.78, 5) is 4.66. The highest BCUT2D eigenvalue weighted by Crippen LogP contribution is 2.55. The van der Waals surface area contributed by atoms with Crippen LogP contribution in [0.5, 0.6) is 0 Å². The third kappa shape index (κ3) is 3.30. The van der Waals surface area contributed by atoms with Crippen LogP contribution in [-0.2, 0) is 9.09 Å². The minimum atomic E-state index is -3.46. The number of benzene rings is 2. The van der Waals surface area contributed by atoms with Gasteiger partial charge in [0.05, 0.1) is 11.4 Å². The number of para-hydroxylation sites is 1. The number of halogens is 1. The normalized spacial score (nSPS) is 18.3. The SMILES string of the molecule is CCN(CC)[P@]1(=O)OC(c2ccc(F)cc2)=Nc2c1c(C)nn2-c1ccccc1.